The highest BCUT2D eigenvalue weighted by atomic mass is 16.3. The molecule has 0 aliphatic rings. The fraction of sp³-hybridized carbons (Fsp3) is 0.250. The summed E-state index contributed by atoms with van der Waals surface area (Å²) in [5, 5.41) is 0. The molecule has 0 spiro atoms. The van der Waals surface area contributed by atoms with E-state index >= 15 is 0 Å². The Kier molecular flexibility index (Phi) is 1.81. The van der Waals surface area contributed by atoms with Gasteiger partial charge in [0.1, 0.15) is 0 Å². The molecule has 0 aliphatic heterocycles. The van der Waals surface area contributed by atoms with Gasteiger partial charge >= 0.3 is 0 Å². The molecular formula is C8H10NO+. The van der Waals surface area contributed by atoms with Crippen LogP contribution in [-0.2, 0) is 0 Å². The van der Waals surface area contributed by atoms with Crippen molar-refractivity contribution in [2.45, 2.75) is 6.92 Å². The predicted octanol–water partition coefficient (Wildman–Crippen LogP) is 2.04. The number of hydrogen-bond acceptors (Lipinski definition) is 1. The van der Waals surface area contributed by atoms with Crippen molar-refractivity contribution in [2.24, 2.45) is 0 Å². The van der Waals surface area contributed by atoms with Crippen LogP contribution in [0.2, 0.25) is 0 Å². The fourth-order valence-corrected chi connectivity index (χ4v) is 0.824. The van der Waals surface area contributed by atoms with E-state index in [2.05, 4.69) is 0 Å². The van der Waals surface area contributed by atoms with Crippen molar-refractivity contribution in [3.63, 3.8) is 0 Å². The smallest absolute Gasteiger partial charge is 0.0588 e. The third-order valence-electron chi connectivity index (χ3n) is 1.37. The molecule has 0 saturated heterocycles. The van der Waals surface area contributed by atoms with Gasteiger partial charge in [-0.2, -0.15) is 0 Å². The van der Waals surface area contributed by atoms with E-state index in [0.717, 1.165) is 10.3 Å². The van der Waals surface area contributed by atoms with E-state index in [0.29, 0.717) is 5.69 Å². The SMILES string of the molecule is Cc1cccc([N+](C)=O)c1. The molecule has 52 valence electrons. The molecule has 0 amide bonds. The Morgan fingerprint density at radius 3 is 2.50 bits per heavy atom. The van der Waals surface area contributed by atoms with Gasteiger partial charge in [0.2, 0.25) is 0 Å². The number of nitrogens with zero attached hydrogens (tertiary/aromatic N) is 1. The van der Waals surface area contributed by atoms with Gasteiger partial charge in [-0.1, -0.05) is 12.1 Å². The molecule has 0 fully saturated rings. The Morgan fingerprint density at radius 1 is 1.40 bits per heavy atom. The van der Waals surface area contributed by atoms with Crippen LogP contribution < -0.4 is 0 Å². The van der Waals surface area contributed by atoms with Crippen LogP contribution in [0.4, 0.5) is 5.69 Å². The summed E-state index contributed by atoms with van der Waals surface area (Å²) in [5.41, 5.74) is 1.82. The van der Waals surface area contributed by atoms with Crippen LogP contribution in [0.1, 0.15) is 5.56 Å². The summed E-state index contributed by atoms with van der Waals surface area (Å²) < 4.78 is 0.854. The first kappa shape index (κ1) is 6.93. The number of aryl methyl sites for hydroxylation is 1. The van der Waals surface area contributed by atoms with Crippen molar-refractivity contribution in [3.8, 4) is 0 Å². The standard InChI is InChI=1S/C8H10NO/c1-7-4-3-5-8(6-7)9(2)10/h3-6H,1-2H3/q+1. The van der Waals surface area contributed by atoms with Gasteiger partial charge in [-0.15, -0.1) is 0 Å². The lowest BCUT2D eigenvalue weighted by Gasteiger charge is -1.88. The molecule has 0 unspecified atom stereocenters. The summed E-state index contributed by atoms with van der Waals surface area (Å²) in [6.07, 6.45) is 0. The van der Waals surface area contributed by atoms with E-state index in [-0.39, 0.29) is 0 Å². The highest BCUT2D eigenvalue weighted by Crippen LogP contribution is 2.10. The molecule has 2 heteroatoms. The van der Waals surface area contributed by atoms with Gasteiger partial charge in [0.15, 0.2) is 7.05 Å². The second-order valence-electron chi connectivity index (χ2n) is 2.34. The molecule has 0 heterocycles. The van der Waals surface area contributed by atoms with E-state index in [9.17, 15) is 4.91 Å². The van der Waals surface area contributed by atoms with Crippen molar-refractivity contribution in [3.05, 3.63) is 34.7 Å². The van der Waals surface area contributed by atoms with E-state index in [1.807, 2.05) is 25.1 Å². The number of rotatable bonds is 1. The van der Waals surface area contributed by atoms with Crippen molar-refractivity contribution in [2.75, 3.05) is 7.05 Å². The Hall–Kier alpha value is -1.18. The highest BCUT2D eigenvalue weighted by Gasteiger charge is 2.03. The maximum absolute atomic E-state index is 10.7. The monoisotopic (exact) mass is 136 g/mol. The van der Waals surface area contributed by atoms with Crippen LogP contribution >= 0.6 is 0 Å². The van der Waals surface area contributed by atoms with Gasteiger partial charge in [0.05, 0.1) is 0 Å². The van der Waals surface area contributed by atoms with Crippen LogP contribution in [0.5, 0.6) is 0 Å². The Labute approximate surface area is 60.1 Å². The van der Waals surface area contributed by atoms with E-state index in [4.69, 9.17) is 0 Å². The van der Waals surface area contributed by atoms with Crippen LogP contribution in [0.25, 0.3) is 0 Å². The normalized spacial score (nSPS) is 9.40. The first-order valence-electron chi connectivity index (χ1n) is 3.17. The van der Waals surface area contributed by atoms with Crippen LogP contribution in [0.3, 0.4) is 0 Å². The number of nitroso groups, excluding NO2 is 1. The molecule has 2 nitrogen and oxygen atoms in total. The van der Waals surface area contributed by atoms with Crippen LogP contribution in [0.15, 0.2) is 24.3 Å². The minimum absolute atomic E-state index is 0.708. The lowest BCUT2D eigenvalue weighted by Crippen LogP contribution is -1.89. The first-order valence-corrected chi connectivity index (χ1v) is 3.17. The zero-order valence-electron chi connectivity index (χ0n) is 6.16. The van der Waals surface area contributed by atoms with Gasteiger partial charge in [-0.05, 0) is 12.5 Å². The third kappa shape index (κ3) is 1.41. The minimum atomic E-state index is 0.708. The third-order valence-corrected chi connectivity index (χ3v) is 1.37. The molecule has 0 atom stereocenters. The molecule has 0 N–H and O–H groups in total. The van der Waals surface area contributed by atoms with E-state index in [1.54, 1.807) is 6.07 Å². The maximum atomic E-state index is 10.7. The van der Waals surface area contributed by atoms with Crippen molar-refractivity contribution in [1.82, 2.24) is 0 Å². The topological polar surface area (TPSA) is 20.1 Å². The maximum Gasteiger partial charge on any atom is 0.255 e. The molecule has 0 radical (unpaired) electrons. The summed E-state index contributed by atoms with van der Waals surface area (Å²) in [6, 6.07) is 7.49. The molecule has 0 bridgehead atoms. The summed E-state index contributed by atoms with van der Waals surface area (Å²) >= 11 is 0. The van der Waals surface area contributed by atoms with Gasteiger partial charge in [0.25, 0.3) is 5.69 Å². The summed E-state index contributed by atoms with van der Waals surface area (Å²) in [7, 11) is 1.49. The van der Waals surface area contributed by atoms with Gasteiger partial charge in [-0.25, -0.2) is 0 Å². The highest BCUT2D eigenvalue weighted by molar-refractivity contribution is 5.32. The van der Waals surface area contributed by atoms with Crippen LogP contribution in [0, 0.1) is 11.8 Å². The summed E-state index contributed by atoms with van der Waals surface area (Å²) in [5.74, 6) is 0. The molecule has 1 rings (SSSR count). The minimum Gasteiger partial charge on any atom is -0.0588 e. The quantitative estimate of drug-likeness (QED) is 0.541. The lowest BCUT2D eigenvalue weighted by molar-refractivity contribution is -0.428. The van der Waals surface area contributed by atoms with Crippen molar-refractivity contribution in [1.29, 1.82) is 0 Å². The first-order chi connectivity index (χ1) is 4.70. The Morgan fingerprint density at radius 2 is 2.10 bits per heavy atom. The molecular weight excluding hydrogens is 126 g/mol. The molecule has 10 heavy (non-hydrogen) atoms. The zero-order chi connectivity index (χ0) is 7.56. The summed E-state index contributed by atoms with van der Waals surface area (Å²) in [4.78, 5) is 10.7. The fourth-order valence-electron chi connectivity index (χ4n) is 0.824. The number of benzene rings is 1. The molecule has 0 aromatic heterocycles. The molecule has 1 aromatic carbocycles. The Bertz CT molecular complexity index is 255. The average Bonchev–Trinajstić information content (AvgIpc) is 1.88. The lowest BCUT2D eigenvalue weighted by atomic mass is 10.2. The van der Waals surface area contributed by atoms with Gasteiger partial charge in [0, 0.05) is 21.8 Å². The largest absolute Gasteiger partial charge is 0.255 e. The zero-order valence-corrected chi connectivity index (χ0v) is 6.16. The average molecular weight is 136 g/mol. The van der Waals surface area contributed by atoms with E-state index in [1.165, 1.54) is 7.05 Å². The second kappa shape index (κ2) is 2.60. The Balaban J connectivity index is 3.07. The van der Waals surface area contributed by atoms with Crippen LogP contribution in [-0.4, -0.2) is 11.8 Å². The molecule has 0 aliphatic carbocycles. The van der Waals surface area contributed by atoms with Crippen molar-refractivity contribution < 1.29 is 4.76 Å². The molecule has 0 saturated carbocycles. The van der Waals surface area contributed by atoms with Crippen molar-refractivity contribution >= 4 is 5.69 Å². The second-order valence-corrected chi connectivity index (χ2v) is 2.34. The number of hydrogen-bond donors (Lipinski definition) is 0. The van der Waals surface area contributed by atoms with Gasteiger partial charge < -0.3 is 0 Å². The summed E-state index contributed by atoms with van der Waals surface area (Å²) in [6.45, 7) is 1.97. The molecule has 1 aromatic rings. The van der Waals surface area contributed by atoms with E-state index < -0.39 is 0 Å². The van der Waals surface area contributed by atoms with Gasteiger partial charge in [-0.3, -0.25) is 0 Å². The predicted molar refractivity (Wildman–Crippen MR) is 40.4 cm³/mol.